The van der Waals surface area contributed by atoms with Gasteiger partial charge in [0.05, 0.1) is 24.5 Å². The molecule has 0 unspecified atom stereocenters. The first-order chi connectivity index (χ1) is 14.0. The van der Waals surface area contributed by atoms with Gasteiger partial charge in [0.15, 0.2) is 0 Å². The summed E-state index contributed by atoms with van der Waals surface area (Å²) in [7, 11) is 0. The molecule has 0 fully saturated rings. The average molecular weight is 400 g/mol. The Morgan fingerprint density at radius 2 is 1.90 bits per heavy atom. The minimum absolute atomic E-state index is 0.0714. The standard InChI is InChI=1S/C23H29FN2O3/c1-17(2)28-16-19(27)14-26(13-18-8-4-3-5-9-18)15-20-12-23(25-29-20)21-10-6-7-11-22(21)24/h3-11,17,19-20,27H,12-16H2,1-2H3/t19-,20-/m0/s1. The molecule has 1 heterocycles. The van der Waals surface area contributed by atoms with Crippen LogP contribution in [0.1, 0.15) is 31.4 Å². The van der Waals surface area contributed by atoms with Gasteiger partial charge in [0.1, 0.15) is 11.9 Å². The molecule has 2 aromatic carbocycles. The number of aliphatic hydroxyl groups is 1. The van der Waals surface area contributed by atoms with Crippen molar-refractivity contribution in [3.63, 3.8) is 0 Å². The molecule has 5 nitrogen and oxygen atoms in total. The van der Waals surface area contributed by atoms with E-state index in [1.165, 1.54) is 6.07 Å². The van der Waals surface area contributed by atoms with Crippen LogP contribution in [0.3, 0.4) is 0 Å². The van der Waals surface area contributed by atoms with Crippen LogP contribution in [0.2, 0.25) is 0 Å². The summed E-state index contributed by atoms with van der Waals surface area (Å²) in [6, 6.07) is 16.7. The van der Waals surface area contributed by atoms with Gasteiger partial charge in [-0.25, -0.2) is 4.39 Å². The van der Waals surface area contributed by atoms with Crippen molar-refractivity contribution in [2.24, 2.45) is 5.16 Å². The van der Waals surface area contributed by atoms with E-state index < -0.39 is 6.10 Å². The van der Waals surface area contributed by atoms with Crippen molar-refractivity contribution in [2.75, 3.05) is 19.7 Å². The molecule has 1 N–H and O–H groups in total. The molecule has 0 bridgehead atoms. The van der Waals surface area contributed by atoms with Crippen LogP contribution in [-0.2, 0) is 16.1 Å². The quantitative estimate of drug-likeness (QED) is 0.662. The van der Waals surface area contributed by atoms with Crippen molar-refractivity contribution in [1.82, 2.24) is 4.90 Å². The highest BCUT2D eigenvalue weighted by Crippen LogP contribution is 2.20. The van der Waals surface area contributed by atoms with E-state index in [1.807, 2.05) is 32.0 Å². The van der Waals surface area contributed by atoms with Gasteiger partial charge in [-0.1, -0.05) is 53.7 Å². The SMILES string of the molecule is CC(C)OC[C@@H](O)CN(Cc1ccccc1)C[C@@H]1CC(c2ccccc2F)=NO1. The van der Waals surface area contributed by atoms with Gasteiger partial charge < -0.3 is 14.7 Å². The molecule has 0 saturated carbocycles. The summed E-state index contributed by atoms with van der Waals surface area (Å²) in [5.41, 5.74) is 2.25. The lowest BCUT2D eigenvalue weighted by Crippen LogP contribution is -2.39. The Hall–Kier alpha value is -2.28. The molecular formula is C23H29FN2O3. The molecule has 3 rings (SSSR count). The van der Waals surface area contributed by atoms with Crippen molar-refractivity contribution in [3.05, 3.63) is 71.5 Å². The Bertz CT molecular complexity index is 798. The Balaban J connectivity index is 1.61. The fourth-order valence-corrected chi connectivity index (χ4v) is 3.37. The molecule has 2 atom stereocenters. The molecular weight excluding hydrogens is 371 g/mol. The minimum atomic E-state index is -0.602. The van der Waals surface area contributed by atoms with E-state index in [0.717, 1.165) is 5.56 Å². The van der Waals surface area contributed by atoms with E-state index in [-0.39, 0.29) is 24.6 Å². The molecule has 0 aromatic heterocycles. The lowest BCUT2D eigenvalue weighted by molar-refractivity contribution is -0.0194. The van der Waals surface area contributed by atoms with Gasteiger partial charge in [0, 0.05) is 31.6 Å². The molecule has 29 heavy (non-hydrogen) atoms. The lowest BCUT2D eigenvalue weighted by atomic mass is 10.0. The second-order valence-electron chi connectivity index (χ2n) is 7.66. The van der Waals surface area contributed by atoms with Crippen LogP contribution in [0.15, 0.2) is 59.8 Å². The Morgan fingerprint density at radius 3 is 2.62 bits per heavy atom. The molecule has 0 spiro atoms. The third-order valence-corrected chi connectivity index (χ3v) is 4.72. The van der Waals surface area contributed by atoms with Gasteiger partial charge in [0.25, 0.3) is 0 Å². The van der Waals surface area contributed by atoms with Crippen LogP contribution in [-0.4, -0.2) is 53.7 Å². The van der Waals surface area contributed by atoms with Crippen molar-refractivity contribution >= 4 is 5.71 Å². The number of halogens is 1. The van der Waals surface area contributed by atoms with E-state index in [4.69, 9.17) is 9.57 Å². The van der Waals surface area contributed by atoms with Crippen LogP contribution in [0.25, 0.3) is 0 Å². The third-order valence-electron chi connectivity index (χ3n) is 4.72. The number of oxime groups is 1. The Kier molecular flexibility index (Phi) is 7.75. The smallest absolute Gasteiger partial charge is 0.145 e. The maximum absolute atomic E-state index is 14.0. The molecule has 6 heteroatoms. The molecule has 0 amide bonds. The van der Waals surface area contributed by atoms with Gasteiger partial charge >= 0.3 is 0 Å². The molecule has 1 aliphatic heterocycles. The zero-order valence-electron chi connectivity index (χ0n) is 17.0. The lowest BCUT2D eigenvalue weighted by Gasteiger charge is -2.27. The van der Waals surface area contributed by atoms with E-state index in [0.29, 0.717) is 37.3 Å². The van der Waals surface area contributed by atoms with Crippen LogP contribution < -0.4 is 0 Å². The maximum atomic E-state index is 14.0. The molecule has 2 aromatic rings. The van der Waals surface area contributed by atoms with E-state index >= 15 is 0 Å². The summed E-state index contributed by atoms with van der Waals surface area (Å²) >= 11 is 0. The van der Waals surface area contributed by atoms with Gasteiger partial charge in [-0.2, -0.15) is 0 Å². The largest absolute Gasteiger partial charge is 0.390 e. The maximum Gasteiger partial charge on any atom is 0.145 e. The highest BCUT2D eigenvalue weighted by molar-refractivity contribution is 6.01. The van der Waals surface area contributed by atoms with Crippen molar-refractivity contribution < 1.29 is 19.1 Å². The predicted molar refractivity (Wildman–Crippen MR) is 111 cm³/mol. The third kappa shape index (κ3) is 6.63. The van der Waals surface area contributed by atoms with Crippen LogP contribution in [0.4, 0.5) is 4.39 Å². The minimum Gasteiger partial charge on any atom is -0.390 e. The normalized spacial score (nSPS) is 17.4. The van der Waals surface area contributed by atoms with Crippen molar-refractivity contribution in [1.29, 1.82) is 0 Å². The van der Waals surface area contributed by atoms with Gasteiger partial charge in [0.2, 0.25) is 0 Å². The number of benzene rings is 2. The summed E-state index contributed by atoms with van der Waals surface area (Å²) in [5, 5.41) is 14.5. The highest BCUT2D eigenvalue weighted by Gasteiger charge is 2.27. The first-order valence-electron chi connectivity index (χ1n) is 10.0. The Morgan fingerprint density at radius 1 is 1.17 bits per heavy atom. The first kappa shape index (κ1) is 21.4. The molecule has 0 radical (unpaired) electrons. The van der Waals surface area contributed by atoms with Crippen LogP contribution >= 0.6 is 0 Å². The molecule has 1 aliphatic rings. The number of hydrogen-bond donors (Lipinski definition) is 1. The monoisotopic (exact) mass is 400 g/mol. The fraction of sp³-hybridized carbons (Fsp3) is 0.435. The van der Waals surface area contributed by atoms with E-state index in [1.54, 1.807) is 18.2 Å². The van der Waals surface area contributed by atoms with Gasteiger partial charge in [-0.3, -0.25) is 4.90 Å². The number of rotatable bonds is 10. The second-order valence-corrected chi connectivity index (χ2v) is 7.66. The topological polar surface area (TPSA) is 54.3 Å². The number of aliphatic hydroxyl groups excluding tert-OH is 1. The molecule has 0 aliphatic carbocycles. The summed E-state index contributed by atoms with van der Waals surface area (Å²) in [6.07, 6.45) is -0.187. The van der Waals surface area contributed by atoms with E-state index in [9.17, 15) is 9.50 Å². The summed E-state index contributed by atoms with van der Waals surface area (Å²) in [6.45, 7) is 5.89. The van der Waals surface area contributed by atoms with Gasteiger partial charge in [-0.15, -0.1) is 0 Å². The van der Waals surface area contributed by atoms with Gasteiger partial charge in [-0.05, 0) is 25.5 Å². The summed E-state index contributed by atoms with van der Waals surface area (Å²) in [4.78, 5) is 7.72. The molecule has 156 valence electrons. The fourth-order valence-electron chi connectivity index (χ4n) is 3.37. The molecule has 0 saturated heterocycles. The summed E-state index contributed by atoms with van der Waals surface area (Å²) < 4.78 is 19.6. The van der Waals surface area contributed by atoms with Crippen molar-refractivity contribution in [2.45, 2.75) is 45.1 Å². The highest BCUT2D eigenvalue weighted by atomic mass is 19.1. The summed E-state index contributed by atoms with van der Waals surface area (Å²) in [5.74, 6) is -0.294. The van der Waals surface area contributed by atoms with Crippen LogP contribution in [0.5, 0.6) is 0 Å². The van der Waals surface area contributed by atoms with Crippen LogP contribution in [0, 0.1) is 5.82 Å². The number of ether oxygens (including phenoxy) is 1. The van der Waals surface area contributed by atoms with Crippen molar-refractivity contribution in [3.8, 4) is 0 Å². The van der Waals surface area contributed by atoms with E-state index in [2.05, 4.69) is 22.2 Å². The average Bonchev–Trinajstić information content (AvgIpc) is 3.15. The predicted octanol–water partition coefficient (Wildman–Crippen LogP) is 3.61. The second kappa shape index (κ2) is 10.5. The zero-order chi connectivity index (χ0) is 20.6. The number of hydrogen-bond acceptors (Lipinski definition) is 5. The Labute approximate surface area is 171 Å². The first-order valence-corrected chi connectivity index (χ1v) is 10.0. The zero-order valence-corrected chi connectivity index (χ0v) is 17.0. The number of nitrogens with zero attached hydrogens (tertiary/aromatic N) is 2.